The Labute approximate surface area is 146 Å². The van der Waals surface area contributed by atoms with Gasteiger partial charge >= 0.3 is 0 Å². The first kappa shape index (κ1) is 15.6. The van der Waals surface area contributed by atoms with Gasteiger partial charge in [-0.15, -0.1) is 0 Å². The van der Waals surface area contributed by atoms with E-state index in [-0.39, 0.29) is 0 Å². The van der Waals surface area contributed by atoms with Gasteiger partial charge in [0.1, 0.15) is 0 Å². The lowest BCUT2D eigenvalue weighted by Crippen LogP contribution is -2.27. The summed E-state index contributed by atoms with van der Waals surface area (Å²) < 4.78 is 2.19. The minimum absolute atomic E-state index is 0.313. The highest BCUT2D eigenvalue weighted by atomic mass is 15.3. The van der Waals surface area contributed by atoms with Crippen LogP contribution in [0.25, 0.3) is 11.0 Å². The molecule has 0 radical (unpaired) electrons. The van der Waals surface area contributed by atoms with E-state index < -0.39 is 0 Å². The average Bonchev–Trinajstić information content (AvgIpc) is 3.22. The summed E-state index contributed by atoms with van der Waals surface area (Å²) >= 11 is 0. The lowest BCUT2D eigenvalue weighted by molar-refractivity contribution is 0.378. The molecule has 0 amide bonds. The Bertz CT molecular complexity index is 895. The maximum absolute atomic E-state index is 8.87. The van der Waals surface area contributed by atoms with Gasteiger partial charge in [-0.2, -0.15) is 5.26 Å². The van der Waals surface area contributed by atoms with E-state index in [9.17, 15) is 0 Å². The number of para-hydroxylation sites is 2. The van der Waals surface area contributed by atoms with Crippen molar-refractivity contribution < 1.29 is 0 Å². The van der Waals surface area contributed by atoms with Crippen LogP contribution in [0.5, 0.6) is 0 Å². The number of anilines is 1. The number of rotatable bonds is 5. The molecule has 4 rings (SSSR count). The van der Waals surface area contributed by atoms with Crippen molar-refractivity contribution in [3.63, 3.8) is 0 Å². The number of hydrogen-bond donors (Lipinski definition) is 1. The Hall–Kier alpha value is -2.91. The number of pyridine rings is 1. The topological polar surface area (TPSA) is 69.8 Å². The van der Waals surface area contributed by atoms with Crippen molar-refractivity contribution >= 4 is 17.0 Å². The molecule has 0 aliphatic carbocycles. The summed E-state index contributed by atoms with van der Waals surface area (Å²) in [6.07, 6.45) is 2.84. The SMILES string of the molecule is N#CCN1CCC(Nc2nc3ccccc3n2Cc2ccccn2)C1. The molecule has 0 spiro atoms. The third-order valence-corrected chi connectivity index (χ3v) is 4.60. The largest absolute Gasteiger partial charge is 0.352 e. The molecule has 0 saturated carbocycles. The van der Waals surface area contributed by atoms with Crippen LogP contribution in [0.1, 0.15) is 12.1 Å². The van der Waals surface area contributed by atoms with Crippen molar-refractivity contribution in [2.24, 2.45) is 0 Å². The summed E-state index contributed by atoms with van der Waals surface area (Å²) in [5, 5.41) is 12.5. The number of nitriles is 1. The van der Waals surface area contributed by atoms with E-state index in [1.54, 1.807) is 0 Å². The first-order valence-electron chi connectivity index (χ1n) is 8.54. The maximum Gasteiger partial charge on any atom is 0.204 e. The zero-order valence-corrected chi connectivity index (χ0v) is 14.0. The smallest absolute Gasteiger partial charge is 0.204 e. The Morgan fingerprint density at radius 3 is 2.92 bits per heavy atom. The highest BCUT2D eigenvalue weighted by Gasteiger charge is 2.24. The number of benzene rings is 1. The van der Waals surface area contributed by atoms with E-state index in [1.807, 2.05) is 42.6 Å². The number of aromatic nitrogens is 3. The second-order valence-corrected chi connectivity index (χ2v) is 6.35. The average molecular weight is 332 g/mol. The van der Waals surface area contributed by atoms with Crippen LogP contribution in [0.4, 0.5) is 5.95 Å². The fraction of sp³-hybridized carbons (Fsp3) is 0.316. The minimum Gasteiger partial charge on any atom is -0.352 e. The quantitative estimate of drug-likeness (QED) is 0.727. The first-order chi connectivity index (χ1) is 12.3. The summed E-state index contributed by atoms with van der Waals surface area (Å²) in [7, 11) is 0. The van der Waals surface area contributed by atoms with Crippen LogP contribution in [0.15, 0.2) is 48.7 Å². The molecule has 1 saturated heterocycles. The van der Waals surface area contributed by atoms with Gasteiger partial charge in [-0.3, -0.25) is 9.88 Å². The predicted molar refractivity (Wildman–Crippen MR) is 97.2 cm³/mol. The van der Waals surface area contributed by atoms with E-state index in [4.69, 9.17) is 10.2 Å². The van der Waals surface area contributed by atoms with Crippen LogP contribution in [0.3, 0.4) is 0 Å². The third kappa shape index (κ3) is 3.32. The van der Waals surface area contributed by atoms with E-state index in [0.717, 1.165) is 42.2 Å². The van der Waals surface area contributed by atoms with Crippen molar-refractivity contribution in [1.29, 1.82) is 5.26 Å². The molecule has 1 N–H and O–H groups in total. The molecule has 0 bridgehead atoms. The summed E-state index contributed by atoms with van der Waals surface area (Å²) in [4.78, 5) is 11.4. The molecule has 25 heavy (non-hydrogen) atoms. The molecule has 1 aliphatic heterocycles. The molecule has 1 fully saturated rings. The molecule has 1 aromatic carbocycles. The summed E-state index contributed by atoms with van der Waals surface area (Å²) in [5.41, 5.74) is 3.08. The lowest BCUT2D eigenvalue weighted by Gasteiger charge is -2.16. The van der Waals surface area contributed by atoms with Crippen LogP contribution in [-0.2, 0) is 6.54 Å². The number of hydrogen-bond acceptors (Lipinski definition) is 5. The van der Waals surface area contributed by atoms with Crippen LogP contribution < -0.4 is 5.32 Å². The van der Waals surface area contributed by atoms with Gasteiger partial charge in [0.15, 0.2) is 0 Å². The van der Waals surface area contributed by atoms with E-state index in [2.05, 4.69) is 31.9 Å². The van der Waals surface area contributed by atoms with Gasteiger partial charge in [0.25, 0.3) is 0 Å². The first-order valence-corrected chi connectivity index (χ1v) is 8.54. The molecule has 6 nitrogen and oxygen atoms in total. The second kappa shape index (κ2) is 6.91. The van der Waals surface area contributed by atoms with Gasteiger partial charge in [0.05, 0.1) is 35.9 Å². The maximum atomic E-state index is 8.87. The van der Waals surface area contributed by atoms with E-state index in [1.165, 1.54) is 0 Å². The molecule has 1 atom stereocenters. The van der Waals surface area contributed by atoms with Crippen LogP contribution >= 0.6 is 0 Å². The number of likely N-dealkylation sites (tertiary alicyclic amines) is 1. The van der Waals surface area contributed by atoms with Gasteiger partial charge in [-0.25, -0.2) is 4.98 Å². The Morgan fingerprint density at radius 1 is 1.20 bits per heavy atom. The molecular weight excluding hydrogens is 312 g/mol. The van der Waals surface area contributed by atoms with Gasteiger partial charge in [0.2, 0.25) is 5.95 Å². The fourth-order valence-corrected chi connectivity index (χ4v) is 3.38. The molecule has 1 aliphatic rings. The Morgan fingerprint density at radius 2 is 2.08 bits per heavy atom. The standard InChI is InChI=1S/C19H20N6/c20-9-12-24-11-8-16(13-24)22-19-23-17-6-1-2-7-18(17)25(19)14-15-5-3-4-10-21-15/h1-7,10,16H,8,11-14H2,(H,22,23). The minimum atomic E-state index is 0.313. The number of nitrogens with zero attached hydrogens (tertiary/aromatic N) is 5. The number of nitrogens with one attached hydrogen (secondary N) is 1. The molecule has 126 valence electrons. The summed E-state index contributed by atoms with van der Waals surface area (Å²) in [6.45, 7) is 2.99. The number of imidazole rings is 1. The molecule has 1 unspecified atom stereocenters. The van der Waals surface area contributed by atoms with Crippen molar-refractivity contribution in [3.8, 4) is 6.07 Å². The van der Waals surface area contributed by atoms with Crippen molar-refractivity contribution in [3.05, 3.63) is 54.4 Å². The van der Waals surface area contributed by atoms with Gasteiger partial charge in [-0.05, 0) is 30.7 Å². The fourth-order valence-electron chi connectivity index (χ4n) is 3.38. The highest BCUT2D eigenvalue weighted by Crippen LogP contribution is 2.23. The zero-order chi connectivity index (χ0) is 17.1. The zero-order valence-electron chi connectivity index (χ0n) is 14.0. The van der Waals surface area contributed by atoms with Gasteiger partial charge < -0.3 is 9.88 Å². The second-order valence-electron chi connectivity index (χ2n) is 6.35. The van der Waals surface area contributed by atoms with Crippen molar-refractivity contribution in [2.75, 3.05) is 25.0 Å². The number of fused-ring (bicyclic) bond motifs is 1. The molecule has 6 heteroatoms. The van der Waals surface area contributed by atoms with Gasteiger partial charge in [-0.1, -0.05) is 18.2 Å². The Kier molecular flexibility index (Phi) is 4.32. The van der Waals surface area contributed by atoms with Crippen LogP contribution in [0, 0.1) is 11.3 Å². The van der Waals surface area contributed by atoms with Crippen LogP contribution in [0.2, 0.25) is 0 Å². The van der Waals surface area contributed by atoms with Crippen molar-refractivity contribution in [2.45, 2.75) is 19.0 Å². The molecule has 3 heterocycles. The molecule has 3 aromatic rings. The predicted octanol–water partition coefficient (Wildman–Crippen LogP) is 2.49. The summed E-state index contributed by atoms with van der Waals surface area (Å²) in [6, 6.07) is 16.7. The Balaban J connectivity index is 1.62. The lowest BCUT2D eigenvalue weighted by atomic mass is 10.3. The molecular formula is C19H20N6. The van der Waals surface area contributed by atoms with E-state index in [0.29, 0.717) is 19.1 Å². The summed E-state index contributed by atoms with van der Waals surface area (Å²) in [5.74, 6) is 0.871. The third-order valence-electron chi connectivity index (χ3n) is 4.60. The monoisotopic (exact) mass is 332 g/mol. The van der Waals surface area contributed by atoms with Crippen LogP contribution in [-0.4, -0.2) is 45.1 Å². The van der Waals surface area contributed by atoms with Gasteiger partial charge in [0, 0.05) is 25.3 Å². The highest BCUT2D eigenvalue weighted by molar-refractivity contribution is 5.78. The normalized spacial score (nSPS) is 17.6. The molecule has 2 aromatic heterocycles. The van der Waals surface area contributed by atoms with E-state index >= 15 is 0 Å². The van der Waals surface area contributed by atoms with Crippen molar-refractivity contribution in [1.82, 2.24) is 19.4 Å².